The summed E-state index contributed by atoms with van der Waals surface area (Å²) in [6.07, 6.45) is 0. The van der Waals surface area contributed by atoms with E-state index in [1.165, 1.54) is 5.56 Å². The van der Waals surface area contributed by atoms with Crippen molar-refractivity contribution in [2.24, 2.45) is 0 Å². The predicted molar refractivity (Wildman–Crippen MR) is 62.7 cm³/mol. The van der Waals surface area contributed by atoms with Crippen LogP contribution in [0.25, 0.3) is 10.4 Å². The number of ether oxygens (including phenoxy) is 1. The summed E-state index contributed by atoms with van der Waals surface area (Å²) in [6, 6.07) is 7.56. The van der Waals surface area contributed by atoms with Crippen LogP contribution in [0.5, 0.6) is 11.5 Å². The van der Waals surface area contributed by atoms with Gasteiger partial charge in [0.2, 0.25) is 0 Å². The molecule has 0 aliphatic heterocycles. The summed E-state index contributed by atoms with van der Waals surface area (Å²) >= 11 is 1.67. The summed E-state index contributed by atoms with van der Waals surface area (Å²) in [7, 11) is 1.55. The molecule has 0 saturated carbocycles. The largest absolute Gasteiger partial charge is 0.504 e. The first-order valence-electron chi connectivity index (χ1n) is 4.63. The number of hydrogen-bond donors (Lipinski definition) is 1. The molecule has 0 amide bonds. The second kappa shape index (κ2) is 3.95. The average molecular weight is 220 g/mol. The zero-order valence-electron chi connectivity index (χ0n) is 8.65. The SMILES string of the molecule is COc1ccc(-c2cc(C)cs2)cc1O. The van der Waals surface area contributed by atoms with Crippen molar-refractivity contribution in [1.82, 2.24) is 0 Å². The van der Waals surface area contributed by atoms with Crippen molar-refractivity contribution >= 4 is 11.3 Å². The van der Waals surface area contributed by atoms with Crippen LogP contribution in [0.1, 0.15) is 5.56 Å². The van der Waals surface area contributed by atoms with Crippen LogP contribution < -0.4 is 4.74 Å². The lowest BCUT2D eigenvalue weighted by molar-refractivity contribution is 0.373. The molecule has 0 bridgehead atoms. The van der Waals surface area contributed by atoms with Gasteiger partial charge in [0.15, 0.2) is 11.5 Å². The highest BCUT2D eigenvalue weighted by Crippen LogP contribution is 2.33. The standard InChI is InChI=1S/C12H12O2S/c1-8-5-12(15-7-8)9-3-4-11(14-2)10(13)6-9/h3-7,13H,1-2H3. The van der Waals surface area contributed by atoms with Gasteiger partial charge in [0, 0.05) is 4.88 Å². The van der Waals surface area contributed by atoms with E-state index in [1.807, 2.05) is 6.07 Å². The molecule has 1 aromatic carbocycles. The number of aromatic hydroxyl groups is 1. The van der Waals surface area contributed by atoms with E-state index in [-0.39, 0.29) is 5.75 Å². The summed E-state index contributed by atoms with van der Waals surface area (Å²) in [5.74, 6) is 0.688. The molecule has 2 nitrogen and oxygen atoms in total. The van der Waals surface area contributed by atoms with Gasteiger partial charge in [0.05, 0.1) is 7.11 Å². The molecule has 0 unspecified atom stereocenters. The Hall–Kier alpha value is -1.48. The zero-order chi connectivity index (χ0) is 10.8. The van der Waals surface area contributed by atoms with Crippen molar-refractivity contribution in [2.45, 2.75) is 6.92 Å². The lowest BCUT2D eigenvalue weighted by Gasteiger charge is -2.04. The fourth-order valence-electron chi connectivity index (χ4n) is 1.43. The van der Waals surface area contributed by atoms with E-state index in [0.717, 1.165) is 10.4 Å². The van der Waals surface area contributed by atoms with Crippen LogP contribution in [0.4, 0.5) is 0 Å². The Balaban J connectivity index is 2.42. The number of phenolic OH excluding ortho intramolecular Hbond substituents is 1. The first kappa shape index (κ1) is 10.1. The highest BCUT2D eigenvalue weighted by Gasteiger charge is 2.05. The van der Waals surface area contributed by atoms with Crippen LogP contribution in [0.2, 0.25) is 0 Å². The van der Waals surface area contributed by atoms with Crippen LogP contribution in [0.15, 0.2) is 29.6 Å². The van der Waals surface area contributed by atoms with Gasteiger partial charge in [-0.05, 0) is 47.7 Å². The van der Waals surface area contributed by atoms with Crippen LogP contribution in [0.3, 0.4) is 0 Å². The van der Waals surface area contributed by atoms with E-state index in [1.54, 1.807) is 30.6 Å². The number of methoxy groups -OCH3 is 1. The van der Waals surface area contributed by atoms with Crippen LogP contribution in [0, 0.1) is 6.92 Å². The minimum atomic E-state index is 0.182. The fourth-order valence-corrected chi connectivity index (χ4v) is 2.32. The van der Waals surface area contributed by atoms with Crippen LogP contribution in [-0.2, 0) is 0 Å². The molecule has 3 heteroatoms. The van der Waals surface area contributed by atoms with Gasteiger partial charge >= 0.3 is 0 Å². The van der Waals surface area contributed by atoms with E-state index in [2.05, 4.69) is 18.4 Å². The lowest BCUT2D eigenvalue weighted by Crippen LogP contribution is -1.83. The molecular weight excluding hydrogens is 208 g/mol. The first-order valence-corrected chi connectivity index (χ1v) is 5.51. The highest BCUT2D eigenvalue weighted by molar-refractivity contribution is 7.13. The third-order valence-corrected chi connectivity index (χ3v) is 3.29. The number of thiophene rings is 1. The molecule has 0 aliphatic rings. The van der Waals surface area contributed by atoms with Gasteiger partial charge in [-0.2, -0.15) is 0 Å². The Morgan fingerprint density at radius 2 is 2.07 bits per heavy atom. The van der Waals surface area contributed by atoms with Gasteiger partial charge in [0.1, 0.15) is 0 Å². The Bertz CT molecular complexity index is 474. The topological polar surface area (TPSA) is 29.5 Å². The van der Waals surface area contributed by atoms with Crippen molar-refractivity contribution < 1.29 is 9.84 Å². The monoisotopic (exact) mass is 220 g/mol. The molecule has 78 valence electrons. The van der Waals surface area contributed by atoms with Gasteiger partial charge in [-0.3, -0.25) is 0 Å². The molecule has 0 spiro atoms. The van der Waals surface area contributed by atoms with E-state index in [0.29, 0.717) is 5.75 Å². The smallest absolute Gasteiger partial charge is 0.160 e. The minimum Gasteiger partial charge on any atom is -0.504 e. The van der Waals surface area contributed by atoms with Crippen molar-refractivity contribution in [3.8, 4) is 21.9 Å². The molecule has 0 atom stereocenters. The Labute approximate surface area is 92.8 Å². The predicted octanol–water partition coefficient (Wildman–Crippen LogP) is 3.44. The third-order valence-electron chi connectivity index (χ3n) is 2.19. The Kier molecular flexibility index (Phi) is 2.64. The van der Waals surface area contributed by atoms with Crippen LogP contribution >= 0.6 is 11.3 Å². The summed E-state index contributed by atoms with van der Waals surface area (Å²) in [4.78, 5) is 1.16. The van der Waals surface area contributed by atoms with Crippen LogP contribution in [-0.4, -0.2) is 12.2 Å². The van der Waals surface area contributed by atoms with Gasteiger partial charge < -0.3 is 9.84 Å². The molecular formula is C12H12O2S. The van der Waals surface area contributed by atoms with E-state index in [9.17, 15) is 5.11 Å². The second-order valence-corrected chi connectivity index (χ2v) is 4.29. The second-order valence-electron chi connectivity index (χ2n) is 3.37. The molecule has 2 aromatic rings. The maximum absolute atomic E-state index is 9.64. The summed E-state index contributed by atoms with van der Waals surface area (Å²) in [5, 5.41) is 11.7. The first-order chi connectivity index (χ1) is 7.20. The van der Waals surface area contributed by atoms with E-state index >= 15 is 0 Å². The summed E-state index contributed by atoms with van der Waals surface area (Å²) in [6.45, 7) is 2.06. The molecule has 1 N–H and O–H groups in total. The molecule has 0 aliphatic carbocycles. The van der Waals surface area contributed by atoms with Gasteiger partial charge in [0.25, 0.3) is 0 Å². The Morgan fingerprint density at radius 1 is 1.27 bits per heavy atom. The minimum absolute atomic E-state index is 0.182. The number of hydrogen-bond acceptors (Lipinski definition) is 3. The fraction of sp³-hybridized carbons (Fsp3) is 0.167. The van der Waals surface area contributed by atoms with Gasteiger partial charge in [-0.15, -0.1) is 11.3 Å². The molecule has 0 saturated heterocycles. The zero-order valence-corrected chi connectivity index (χ0v) is 9.47. The summed E-state index contributed by atoms with van der Waals surface area (Å²) < 4.78 is 4.99. The maximum Gasteiger partial charge on any atom is 0.160 e. The average Bonchev–Trinajstić information content (AvgIpc) is 2.65. The Morgan fingerprint density at radius 3 is 2.60 bits per heavy atom. The van der Waals surface area contributed by atoms with Crippen molar-refractivity contribution in [2.75, 3.05) is 7.11 Å². The highest BCUT2D eigenvalue weighted by atomic mass is 32.1. The van der Waals surface area contributed by atoms with Crippen molar-refractivity contribution in [3.63, 3.8) is 0 Å². The number of aryl methyl sites for hydroxylation is 1. The number of benzene rings is 1. The van der Waals surface area contributed by atoms with Crippen molar-refractivity contribution in [3.05, 3.63) is 35.2 Å². The molecule has 0 radical (unpaired) electrons. The quantitative estimate of drug-likeness (QED) is 0.840. The molecule has 1 heterocycles. The normalized spacial score (nSPS) is 10.3. The molecule has 2 rings (SSSR count). The van der Waals surface area contributed by atoms with Gasteiger partial charge in [-0.25, -0.2) is 0 Å². The maximum atomic E-state index is 9.64. The van der Waals surface area contributed by atoms with Crippen molar-refractivity contribution in [1.29, 1.82) is 0 Å². The number of rotatable bonds is 2. The van der Waals surface area contributed by atoms with E-state index in [4.69, 9.17) is 4.74 Å². The number of phenols is 1. The lowest BCUT2D eigenvalue weighted by atomic mass is 10.1. The van der Waals surface area contributed by atoms with E-state index < -0.39 is 0 Å². The molecule has 1 aromatic heterocycles. The third kappa shape index (κ3) is 1.97. The summed E-state index contributed by atoms with van der Waals surface area (Å²) in [5.41, 5.74) is 2.26. The molecule has 0 fully saturated rings. The van der Waals surface area contributed by atoms with Gasteiger partial charge in [-0.1, -0.05) is 0 Å². The molecule has 15 heavy (non-hydrogen) atoms.